The van der Waals surface area contributed by atoms with E-state index >= 15 is 0 Å². The molecule has 2 heterocycles. The molecule has 5 heteroatoms. The van der Waals surface area contributed by atoms with Crippen LogP contribution in [0.4, 0.5) is 0 Å². The molecule has 3 aromatic carbocycles. The zero-order chi connectivity index (χ0) is 18.6. The second kappa shape index (κ2) is 5.66. The van der Waals surface area contributed by atoms with Crippen molar-refractivity contribution in [3.8, 4) is 0 Å². The Bertz CT molecular complexity index is 1430. The van der Waals surface area contributed by atoms with E-state index in [9.17, 15) is 8.42 Å². The van der Waals surface area contributed by atoms with Crippen molar-refractivity contribution in [3.63, 3.8) is 0 Å². The maximum atomic E-state index is 13.5. The molecule has 0 unspecified atom stereocenters. The highest BCUT2D eigenvalue weighted by Gasteiger charge is 2.24. The van der Waals surface area contributed by atoms with Crippen molar-refractivity contribution in [1.29, 1.82) is 0 Å². The van der Waals surface area contributed by atoms with Crippen molar-refractivity contribution in [1.82, 2.24) is 8.96 Å². The van der Waals surface area contributed by atoms with E-state index < -0.39 is 10.0 Å². The third kappa shape index (κ3) is 2.35. The average molecular weight is 372 g/mol. The zero-order valence-corrected chi connectivity index (χ0v) is 15.4. The molecule has 0 saturated carbocycles. The Morgan fingerprint density at radius 2 is 1.52 bits per heavy atom. The van der Waals surface area contributed by atoms with Crippen LogP contribution in [0.2, 0.25) is 0 Å². The monoisotopic (exact) mass is 372 g/mol. The van der Waals surface area contributed by atoms with Crippen LogP contribution in [0.3, 0.4) is 0 Å². The molecule has 2 aromatic heterocycles. The van der Waals surface area contributed by atoms with Gasteiger partial charge in [-0.1, -0.05) is 54.1 Å². The SMILES string of the molecule is Cc1ccc(S(=O)(=O)n2c3ccccc3c3cc4ccccc4nc32)cc1. The van der Waals surface area contributed by atoms with Crippen molar-refractivity contribution < 1.29 is 8.42 Å². The van der Waals surface area contributed by atoms with Gasteiger partial charge in [-0.25, -0.2) is 17.4 Å². The van der Waals surface area contributed by atoms with E-state index in [4.69, 9.17) is 4.98 Å². The van der Waals surface area contributed by atoms with Gasteiger partial charge in [-0.3, -0.25) is 0 Å². The predicted octanol–water partition coefficient (Wildman–Crippen LogP) is 4.89. The number of para-hydroxylation sites is 2. The van der Waals surface area contributed by atoms with E-state index in [2.05, 4.69) is 0 Å². The average Bonchev–Trinajstić information content (AvgIpc) is 3.00. The van der Waals surface area contributed by atoms with Crippen LogP contribution in [0.1, 0.15) is 5.56 Å². The van der Waals surface area contributed by atoms with Gasteiger partial charge in [0.05, 0.1) is 15.9 Å². The lowest BCUT2D eigenvalue weighted by atomic mass is 10.1. The second-order valence-corrected chi connectivity index (χ2v) is 8.44. The van der Waals surface area contributed by atoms with Gasteiger partial charge in [-0.2, -0.15) is 0 Å². The standard InChI is InChI=1S/C22H16N2O2S/c1-15-10-12-17(13-11-15)27(25,26)24-21-9-5-3-7-18(21)19-14-16-6-2-4-8-20(16)23-22(19)24/h2-14H,1H3. The van der Waals surface area contributed by atoms with Gasteiger partial charge in [0.1, 0.15) is 0 Å². The minimum Gasteiger partial charge on any atom is -0.229 e. The molecule has 0 aliphatic heterocycles. The predicted molar refractivity (Wildman–Crippen MR) is 109 cm³/mol. The molecule has 0 N–H and O–H groups in total. The lowest BCUT2D eigenvalue weighted by Gasteiger charge is -2.09. The van der Waals surface area contributed by atoms with Gasteiger partial charge in [0.15, 0.2) is 5.65 Å². The number of aryl methyl sites for hydroxylation is 1. The summed E-state index contributed by atoms with van der Waals surface area (Å²) in [5.74, 6) is 0. The summed E-state index contributed by atoms with van der Waals surface area (Å²) in [5, 5.41) is 2.70. The fourth-order valence-electron chi connectivity index (χ4n) is 3.51. The Hall–Kier alpha value is -3.18. The first-order chi connectivity index (χ1) is 13.1. The number of benzene rings is 3. The molecule has 0 atom stereocenters. The molecule has 27 heavy (non-hydrogen) atoms. The van der Waals surface area contributed by atoms with Crippen LogP contribution in [0.25, 0.3) is 32.8 Å². The smallest absolute Gasteiger partial charge is 0.229 e. The third-order valence-electron chi connectivity index (χ3n) is 4.87. The van der Waals surface area contributed by atoms with Gasteiger partial charge in [0.25, 0.3) is 10.0 Å². The molecule has 0 radical (unpaired) electrons. The minimum absolute atomic E-state index is 0.255. The van der Waals surface area contributed by atoms with Gasteiger partial charge in [0, 0.05) is 16.2 Å². The Labute approximate surface area is 156 Å². The van der Waals surface area contributed by atoms with Gasteiger partial charge in [-0.15, -0.1) is 0 Å². The van der Waals surface area contributed by atoms with E-state index in [0.717, 1.165) is 27.2 Å². The number of fused-ring (bicyclic) bond motifs is 4. The van der Waals surface area contributed by atoms with E-state index in [0.29, 0.717) is 11.2 Å². The maximum absolute atomic E-state index is 13.5. The Balaban J connectivity index is 1.95. The lowest BCUT2D eigenvalue weighted by Crippen LogP contribution is -2.13. The van der Waals surface area contributed by atoms with Crippen LogP contribution >= 0.6 is 0 Å². The summed E-state index contributed by atoms with van der Waals surface area (Å²) in [7, 11) is -3.78. The van der Waals surface area contributed by atoms with Crippen molar-refractivity contribution in [2.45, 2.75) is 11.8 Å². The van der Waals surface area contributed by atoms with Crippen LogP contribution in [0.15, 0.2) is 83.8 Å². The summed E-state index contributed by atoms with van der Waals surface area (Å²) in [4.78, 5) is 4.96. The molecule has 4 nitrogen and oxygen atoms in total. The topological polar surface area (TPSA) is 52.0 Å². The fraction of sp³-hybridized carbons (Fsp3) is 0.0455. The minimum atomic E-state index is -3.78. The summed E-state index contributed by atoms with van der Waals surface area (Å²) < 4.78 is 28.4. The van der Waals surface area contributed by atoms with Crippen LogP contribution in [0.5, 0.6) is 0 Å². The lowest BCUT2D eigenvalue weighted by molar-refractivity contribution is 0.590. The third-order valence-corrected chi connectivity index (χ3v) is 6.59. The van der Waals surface area contributed by atoms with E-state index in [1.54, 1.807) is 12.1 Å². The summed E-state index contributed by atoms with van der Waals surface area (Å²) in [6.07, 6.45) is 0. The molecular formula is C22H16N2O2S. The normalized spacial score (nSPS) is 12.2. The molecule has 0 saturated heterocycles. The molecule has 5 rings (SSSR count). The largest absolute Gasteiger partial charge is 0.269 e. The molecule has 0 fully saturated rings. The maximum Gasteiger partial charge on any atom is 0.269 e. The second-order valence-electron chi connectivity index (χ2n) is 6.65. The number of aromatic nitrogens is 2. The van der Waals surface area contributed by atoms with Crippen LogP contribution in [0, 0.1) is 6.92 Å². The summed E-state index contributed by atoms with van der Waals surface area (Å²) in [6, 6.07) is 24.2. The summed E-state index contributed by atoms with van der Waals surface area (Å²) in [5.41, 5.74) is 2.87. The fourth-order valence-corrected chi connectivity index (χ4v) is 4.99. The first kappa shape index (κ1) is 16.0. The zero-order valence-electron chi connectivity index (χ0n) is 14.6. The molecule has 0 spiro atoms. The number of nitrogens with zero attached hydrogens (tertiary/aromatic N) is 2. The summed E-state index contributed by atoms with van der Waals surface area (Å²) in [6.45, 7) is 1.94. The molecule has 0 bridgehead atoms. The van der Waals surface area contributed by atoms with Crippen molar-refractivity contribution >= 4 is 42.9 Å². The van der Waals surface area contributed by atoms with Gasteiger partial charge < -0.3 is 0 Å². The quantitative estimate of drug-likeness (QED) is 0.443. The van der Waals surface area contributed by atoms with Gasteiger partial charge >= 0.3 is 0 Å². The Morgan fingerprint density at radius 3 is 2.33 bits per heavy atom. The van der Waals surface area contributed by atoms with Crippen molar-refractivity contribution in [3.05, 3.63) is 84.4 Å². The van der Waals surface area contributed by atoms with E-state index in [1.807, 2.05) is 73.7 Å². The highest BCUT2D eigenvalue weighted by molar-refractivity contribution is 7.90. The molecule has 0 aliphatic rings. The van der Waals surface area contributed by atoms with E-state index in [-0.39, 0.29) is 4.90 Å². The van der Waals surface area contributed by atoms with E-state index in [1.165, 1.54) is 3.97 Å². The molecule has 0 aliphatic carbocycles. The van der Waals surface area contributed by atoms with Crippen LogP contribution in [-0.2, 0) is 10.0 Å². The number of hydrogen-bond acceptors (Lipinski definition) is 3. The summed E-state index contributed by atoms with van der Waals surface area (Å²) >= 11 is 0. The van der Waals surface area contributed by atoms with Crippen LogP contribution in [-0.4, -0.2) is 17.4 Å². The molecule has 5 aromatic rings. The highest BCUT2D eigenvalue weighted by atomic mass is 32.2. The highest BCUT2D eigenvalue weighted by Crippen LogP contribution is 2.33. The van der Waals surface area contributed by atoms with Crippen molar-refractivity contribution in [2.24, 2.45) is 0 Å². The number of hydrogen-bond donors (Lipinski definition) is 0. The first-order valence-corrected chi connectivity index (χ1v) is 10.1. The number of rotatable bonds is 2. The number of pyridine rings is 1. The van der Waals surface area contributed by atoms with Gasteiger partial charge in [0.2, 0.25) is 0 Å². The van der Waals surface area contributed by atoms with Crippen molar-refractivity contribution in [2.75, 3.05) is 0 Å². The first-order valence-electron chi connectivity index (χ1n) is 8.67. The van der Waals surface area contributed by atoms with Gasteiger partial charge in [-0.05, 0) is 37.3 Å². The Kier molecular flexibility index (Phi) is 3.36. The Morgan fingerprint density at radius 1 is 0.815 bits per heavy atom. The molecule has 132 valence electrons. The molecular weight excluding hydrogens is 356 g/mol. The van der Waals surface area contributed by atoms with Crippen LogP contribution < -0.4 is 0 Å². The molecule has 0 amide bonds.